The minimum Gasteiger partial charge on any atom is -0.548 e. The molecule has 12 nitrogen and oxygen atoms in total. The SMILES string of the molecule is O=C([O-])C(CCO)N1C(=O)CN(N=Cc2ccc([N+](=O)[O-])o2)C1=O. The monoisotopic (exact) mass is 339 g/mol. The van der Waals surface area contributed by atoms with Crippen molar-refractivity contribution < 1.29 is 33.9 Å². The Morgan fingerprint density at radius 2 is 2.21 bits per heavy atom. The molecule has 0 aliphatic carbocycles. The van der Waals surface area contributed by atoms with Gasteiger partial charge in [0.05, 0.1) is 24.3 Å². The molecule has 3 amide bonds. The van der Waals surface area contributed by atoms with Crippen molar-refractivity contribution in [3.63, 3.8) is 0 Å². The van der Waals surface area contributed by atoms with Crippen molar-refractivity contribution in [2.24, 2.45) is 5.10 Å². The smallest absolute Gasteiger partial charge is 0.433 e. The zero-order valence-electron chi connectivity index (χ0n) is 12.0. The van der Waals surface area contributed by atoms with Crippen LogP contribution >= 0.6 is 0 Å². The first-order valence-electron chi connectivity index (χ1n) is 6.58. The Morgan fingerprint density at radius 3 is 2.75 bits per heavy atom. The minimum atomic E-state index is -1.68. The number of aliphatic hydroxyl groups excluding tert-OH is 1. The molecule has 1 aromatic heterocycles. The van der Waals surface area contributed by atoms with Crippen LogP contribution in [0, 0.1) is 10.1 Å². The number of aliphatic hydroxyl groups is 1. The van der Waals surface area contributed by atoms with Crippen molar-refractivity contribution in [1.29, 1.82) is 0 Å². The summed E-state index contributed by atoms with van der Waals surface area (Å²) in [6.45, 7) is -1.08. The molecule has 0 radical (unpaired) electrons. The number of hydrogen-bond acceptors (Lipinski definition) is 9. The van der Waals surface area contributed by atoms with Gasteiger partial charge in [-0.15, -0.1) is 0 Å². The van der Waals surface area contributed by atoms with Crippen LogP contribution in [0.4, 0.5) is 10.7 Å². The fourth-order valence-corrected chi connectivity index (χ4v) is 2.01. The lowest BCUT2D eigenvalue weighted by Crippen LogP contribution is -2.51. The normalized spacial score (nSPS) is 16.2. The predicted molar refractivity (Wildman–Crippen MR) is 72.4 cm³/mol. The van der Waals surface area contributed by atoms with Gasteiger partial charge >= 0.3 is 11.9 Å². The molecule has 0 bridgehead atoms. The first kappa shape index (κ1) is 17.1. The molecule has 12 heteroatoms. The van der Waals surface area contributed by atoms with E-state index in [1.807, 2.05) is 0 Å². The molecular weight excluding hydrogens is 328 g/mol. The number of imide groups is 1. The van der Waals surface area contributed by atoms with Gasteiger partial charge in [-0.2, -0.15) is 5.10 Å². The molecule has 2 rings (SSSR count). The van der Waals surface area contributed by atoms with E-state index in [9.17, 15) is 29.6 Å². The van der Waals surface area contributed by atoms with Crippen LogP contribution in [0.15, 0.2) is 21.7 Å². The topological polar surface area (TPSA) is 170 Å². The first-order chi connectivity index (χ1) is 11.3. The van der Waals surface area contributed by atoms with Crippen LogP contribution in [0.2, 0.25) is 0 Å². The van der Waals surface area contributed by atoms with Crippen molar-refractivity contribution >= 4 is 30.0 Å². The van der Waals surface area contributed by atoms with Gasteiger partial charge in [0.1, 0.15) is 11.5 Å². The van der Waals surface area contributed by atoms with Gasteiger partial charge in [-0.3, -0.25) is 19.8 Å². The fraction of sp³-hybridized carbons (Fsp3) is 0.333. The predicted octanol–water partition coefficient (Wildman–Crippen LogP) is -1.71. The van der Waals surface area contributed by atoms with Crippen molar-refractivity contribution in [3.05, 3.63) is 28.0 Å². The Kier molecular flexibility index (Phi) is 4.89. The summed E-state index contributed by atoms with van der Waals surface area (Å²) < 4.78 is 4.80. The van der Waals surface area contributed by atoms with Gasteiger partial charge in [0.25, 0.3) is 5.91 Å². The third kappa shape index (κ3) is 3.38. The van der Waals surface area contributed by atoms with E-state index in [2.05, 4.69) is 5.10 Å². The second-order valence-corrected chi connectivity index (χ2v) is 4.63. The number of furan rings is 1. The molecule has 0 aromatic carbocycles. The highest BCUT2D eigenvalue weighted by Gasteiger charge is 2.41. The van der Waals surface area contributed by atoms with Crippen LogP contribution in [0.1, 0.15) is 12.2 Å². The highest BCUT2D eigenvalue weighted by molar-refractivity contribution is 6.04. The van der Waals surface area contributed by atoms with Crippen molar-refractivity contribution in [2.75, 3.05) is 13.2 Å². The Bertz CT molecular complexity index is 712. The number of nitro groups is 1. The molecular formula is C12H11N4O8-. The van der Waals surface area contributed by atoms with E-state index >= 15 is 0 Å². The maximum Gasteiger partial charge on any atom is 0.433 e. The molecule has 1 atom stereocenters. The summed E-state index contributed by atoms with van der Waals surface area (Å²) in [4.78, 5) is 45.1. The molecule has 0 spiro atoms. The lowest BCUT2D eigenvalue weighted by atomic mass is 10.2. The summed E-state index contributed by atoms with van der Waals surface area (Å²) in [6, 6.07) is -0.310. The van der Waals surface area contributed by atoms with Gasteiger partial charge in [-0.25, -0.2) is 9.80 Å². The number of rotatable bonds is 7. The third-order valence-corrected chi connectivity index (χ3v) is 3.08. The largest absolute Gasteiger partial charge is 0.548 e. The van der Waals surface area contributed by atoms with Crippen LogP contribution in [-0.2, 0) is 9.59 Å². The molecule has 1 saturated heterocycles. The average molecular weight is 339 g/mol. The number of aliphatic carboxylic acids is 1. The number of hydrazone groups is 1. The second kappa shape index (κ2) is 6.87. The number of carbonyl (C=O) groups excluding carboxylic acids is 3. The first-order valence-corrected chi connectivity index (χ1v) is 6.58. The average Bonchev–Trinajstić information content (AvgIpc) is 3.08. The highest BCUT2D eigenvalue weighted by Crippen LogP contribution is 2.18. The van der Waals surface area contributed by atoms with Gasteiger partial charge in [0, 0.05) is 6.61 Å². The molecule has 0 saturated carbocycles. The van der Waals surface area contributed by atoms with Crippen molar-refractivity contribution in [2.45, 2.75) is 12.5 Å². The van der Waals surface area contributed by atoms with E-state index < -0.39 is 47.9 Å². The fourth-order valence-electron chi connectivity index (χ4n) is 2.01. The van der Waals surface area contributed by atoms with Crippen LogP contribution in [0.5, 0.6) is 0 Å². The zero-order chi connectivity index (χ0) is 17.9. The molecule has 1 unspecified atom stereocenters. The lowest BCUT2D eigenvalue weighted by molar-refractivity contribution is -0.402. The molecule has 1 fully saturated rings. The lowest BCUT2D eigenvalue weighted by Gasteiger charge is -2.25. The van der Waals surface area contributed by atoms with E-state index in [0.717, 1.165) is 12.3 Å². The Labute approximate surface area is 133 Å². The van der Waals surface area contributed by atoms with Crippen molar-refractivity contribution in [1.82, 2.24) is 9.91 Å². The van der Waals surface area contributed by atoms with Gasteiger partial charge < -0.3 is 19.4 Å². The maximum absolute atomic E-state index is 12.1. The molecule has 1 aromatic rings. The maximum atomic E-state index is 12.1. The quantitative estimate of drug-likeness (QED) is 0.265. The van der Waals surface area contributed by atoms with Crippen LogP contribution < -0.4 is 5.11 Å². The minimum absolute atomic E-state index is 0.0350. The molecule has 1 aliphatic rings. The van der Waals surface area contributed by atoms with E-state index in [0.29, 0.717) is 9.91 Å². The van der Waals surface area contributed by atoms with E-state index in [1.165, 1.54) is 6.07 Å². The number of carbonyl (C=O) groups is 3. The van der Waals surface area contributed by atoms with Gasteiger partial charge in [0.2, 0.25) is 0 Å². The molecule has 2 heterocycles. The second-order valence-electron chi connectivity index (χ2n) is 4.63. The number of carboxylic acid groups (broad SMARTS) is 1. The third-order valence-electron chi connectivity index (χ3n) is 3.08. The van der Waals surface area contributed by atoms with Gasteiger partial charge in [0.15, 0.2) is 5.76 Å². The number of amides is 3. The van der Waals surface area contributed by atoms with E-state index in [-0.39, 0.29) is 12.2 Å². The molecule has 24 heavy (non-hydrogen) atoms. The zero-order valence-corrected chi connectivity index (χ0v) is 12.0. The summed E-state index contributed by atoms with van der Waals surface area (Å²) in [5.41, 5.74) is 0. The Balaban J connectivity index is 2.14. The summed E-state index contributed by atoms with van der Waals surface area (Å²) in [5, 5.41) is 34.7. The number of urea groups is 1. The number of carboxylic acids is 1. The number of nitrogens with zero attached hydrogens (tertiary/aromatic N) is 4. The van der Waals surface area contributed by atoms with Gasteiger partial charge in [-0.1, -0.05) is 0 Å². The van der Waals surface area contributed by atoms with Gasteiger partial charge in [-0.05, 0) is 12.5 Å². The highest BCUT2D eigenvalue weighted by atomic mass is 16.6. The summed E-state index contributed by atoms with van der Waals surface area (Å²) >= 11 is 0. The molecule has 1 aliphatic heterocycles. The van der Waals surface area contributed by atoms with Crippen LogP contribution in [0.25, 0.3) is 0 Å². The summed E-state index contributed by atoms with van der Waals surface area (Å²) in [6.07, 6.45) is 0.601. The molecule has 128 valence electrons. The van der Waals surface area contributed by atoms with Crippen molar-refractivity contribution in [3.8, 4) is 0 Å². The van der Waals surface area contributed by atoms with E-state index in [1.54, 1.807) is 0 Å². The Morgan fingerprint density at radius 1 is 1.50 bits per heavy atom. The summed E-state index contributed by atoms with van der Waals surface area (Å²) in [7, 11) is 0. The number of hydrogen-bond donors (Lipinski definition) is 1. The Hall–Kier alpha value is -3.28. The van der Waals surface area contributed by atoms with Crippen LogP contribution in [0.3, 0.4) is 0 Å². The molecule has 1 N–H and O–H groups in total. The standard InChI is InChI=1S/C12H12N4O8/c17-4-3-8(11(19)20)15-9(18)6-14(12(15)21)13-5-7-1-2-10(24-7)16(22)23/h1-2,5,8,17H,3-4,6H2,(H,19,20)/p-1. The van der Waals surface area contributed by atoms with E-state index in [4.69, 9.17) is 9.52 Å². The summed E-state index contributed by atoms with van der Waals surface area (Å²) in [5.74, 6) is -3.07. The van der Waals surface area contributed by atoms with Crippen LogP contribution in [-0.4, -0.2) is 63.3 Å².